The second-order valence-corrected chi connectivity index (χ2v) is 3.21. The third kappa shape index (κ3) is 3.82. The van der Waals surface area contributed by atoms with Gasteiger partial charge in [0.1, 0.15) is 0 Å². The molecule has 0 bridgehead atoms. The summed E-state index contributed by atoms with van der Waals surface area (Å²) in [6.45, 7) is 3.48. The molecule has 0 unspecified atom stereocenters. The van der Waals surface area contributed by atoms with Crippen LogP contribution in [0, 0.1) is 5.92 Å². The Balaban J connectivity index is 0.00000169. The summed E-state index contributed by atoms with van der Waals surface area (Å²) in [5, 5.41) is 0. The lowest BCUT2D eigenvalue weighted by atomic mass is 9.96. The Kier molecular flexibility index (Phi) is 6.87. The van der Waals surface area contributed by atoms with Crippen molar-refractivity contribution in [2.45, 2.75) is 25.8 Å². The van der Waals surface area contributed by atoms with Crippen LogP contribution in [0.25, 0.3) is 0 Å². The largest absolute Gasteiger partial charge is 0.466 e. The minimum absolute atomic E-state index is 0. The maximum atomic E-state index is 11.4. The molecule has 5 heteroatoms. The lowest BCUT2D eigenvalue weighted by molar-refractivity contribution is -0.149. The zero-order valence-electron chi connectivity index (χ0n) is 8.40. The van der Waals surface area contributed by atoms with Crippen molar-refractivity contribution in [1.29, 1.82) is 0 Å². The summed E-state index contributed by atoms with van der Waals surface area (Å²) in [5.41, 5.74) is 5.83. The van der Waals surface area contributed by atoms with Gasteiger partial charge in [-0.1, -0.05) is 0 Å². The van der Waals surface area contributed by atoms with Crippen molar-refractivity contribution in [3.8, 4) is 0 Å². The van der Waals surface area contributed by atoms with Crippen LogP contribution in [0.1, 0.15) is 19.8 Å². The van der Waals surface area contributed by atoms with E-state index < -0.39 is 0 Å². The molecule has 4 nitrogen and oxygen atoms in total. The normalized spacial score (nSPS) is 27.3. The van der Waals surface area contributed by atoms with E-state index in [9.17, 15) is 4.79 Å². The summed E-state index contributed by atoms with van der Waals surface area (Å²) >= 11 is 0. The van der Waals surface area contributed by atoms with Crippen LogP contribution in [0.15, 0.2) is 0 Å². The Morgan fingerprint density at radius 1 is 1.50 bits per heavy atom. The Morgan fingerprint density at radius 2 is 2.14 bits per heavy atom. The fourth-order valence-corrected chi connectivity index (χ4v) is 1.49. The highest BCUT2D eigenvalue weighted by Gasteiger charge is 2.28. The van der Waals surface area contributed by atoms with Crippen LogP contribution in [0.2, 0.25) is 0 Å². The molecule has 0 aromatic heterocycles. The molecule has 1 saturated heterocycles. The van der Waals surface area contributed by atoms with Gasteiger partial charge < -0.3 is 15.2 Å². The average Bonchev–Trinajstić information content (AvgIpc) is 2.30. The Labute approximate surface area is 90.5 Å². The molecule has 2 N–H and O–H groups in total. The van der Waals surface area contributed by atoms with Crippen LogP contribution in [-0.4, -0.2) is 31.8 Å². The highest BCUT2D eigenvalue weighted by Crippen LogP contribution is 2.16. The third-order valence-electron chi connectivity index (χ3n) is 2.27. The first-order valence-electron chi connectivity index (χ1n) is 4.75. The van der Waals surface area contributed by atoms with Crippen LogP contribution in [0.3, 0.4) is 0 Å². The number of ether oxygens (including phenoxy) is 2. The van der Waals surface area contributed by atoms with Crippen molar-refractivity contribution in [3.05, 3.63) is 0 Å². The molecule has 0 aromatic rings. The predicted molar refractivity (Wildman–Crippen MR) is 55.4 cm³/mol. The van der Waals surface area contributed by atoms with E-state index in [1.54, 1.807) is 6.92 Å². The van der Waals surface area contributed by atoms with Gasteiger partial charge in [-0.05, 0) is 19.8 Å². The number of carbonyl (C=O) groups is 1. The fraction of sp³-hybridized carbons (Fsp3) is 0.889. The van der Waals surface area contributed by atoms with Crippen LogP contribution in [-0.2, 0) is 14.3 Å². The van der Waals surface area contributed by atoms with Gasteiger partial charge in [-0.2, -0.15) is 0 Å². The number of halogens is 1. The van der Waals surface area contributed by atoms with Gasteiger partial charge in [0.15, 0.2) is 0 Å². The second-order valence-electron chi connectivity index (χ2n) is 3.21. The van der Waals surface area contributed by atoms with Gasteiger partial charge in [0.05, 0.1) is 12.5 Å². The van der Waals surface area contributed by atoms with Crippen molar-refractivity contribution in [2.24, 2.45) is 11.7 Å². The summed E-state index contributed by atoms with van der Waals surface area (Å²) in [6.07, 6.45) is 1.42. The number of hydrogen-bond acceptors (Lipinski definition) is 4. The van der Waals surface area contributed by atoms with Gasteiger partial charge >= 0.3 is 5.97 Å². The SMILES string of the molecule is CCOC(=O)[C@@H]1CCOCC[C@H]1N.Cl. The molecule has 0 radical (unpaired) electrons. The van der Waals surface area contributed by atoms with Crippen LogP contribution < -0.4 is 5.73 Å². The first-order chi connectivity index (χ1) is 6.25. The van der Waals surface area contributed by atoms with Crippen molar-refractivity contribution < 1.29 is 14.3 Å². The standard InChI is InChI=1S/C9H17NO3.ClH/c1-2-13-9(11)7-3-5-12-6-4-8(7)10;/h7-8H,2-6,10H2,1H3;1H/t7-,8-;/m1./s1. The molecule has 1 aliphatic heterocycles. The van der Waals surface area contributed by atoms with Gasteiger partial charge in [0, 0.05) is 19.3 Å². The molecule has 0 saturated carbocycles. The summed E-state index contributed by atoms with van der Waals surface area (Å²) < 4.78 is 10.2. The monoisotopic (exact) mass is 223 g/mol. The minimum atomic E-state index is -0.180. The minimum Gasteiger partial charge on any atom is -0.466 e. The molecular formula is C9H18ClNO3. The molecule has 1 aliphatic rings. The van der Waals surface area contributed by atoms with E-state index in [0.29, 0.717) is 26.2 Å². The topological polar surface area (TPSA) is 61.5 Å². The average molecular weight is 224 g/mol. The molecule has 0 aromatic carbocycles. The van der Waals surface area contributed by atoms with Crippen LogP contribution in [0.4, 0.5) is 0 Å². The zero-order chi connectivity index (χ0) is 9.68. The van der Waals surface area contributed by atoms with Crippen LogP contribution >= 0.6 is 12.4 Å². The molecule has 0 amide bonds. The van der Waals surface area contributed by atoms with Crippen molar-refractivity contribution >= 4 is 18.4 Å². The second kappa shape index (κ2) is 7.04. The van der Waals surface area contributed by atoms with E-state index in [2.05, 4.69) is 0 Å². The van der Waals surface area contributed by atoms with Crippen LogP contribution in [0.5, 0.6) is 0 Å². The van der Waals surface area contributed by atoms with Crippen molar-refractivity contribution in [1.82, 2.24) is 0 Å². The number of esters is 1. The molecule has 84 valence electrons. The Hall–Kier alpha value is -0.320. The summed E-state index contributed by atoms with van der Waals surface area (Å²) in [7, 11) is 0. The van der Waals surface area contributed by atoms with E-state index in [-0.39, 0.29) is 30.3 Å². The summed E-state index contributed by atoms with van der Waals surface area (Å²) in [6, 6.07) is -0.110. The Bertz CT molecular complexity index is 177. The van der Waals surface area contributed by atoms with Gasteiger partial charge in [-0.3, -0.25) is 4.79 Å². The van der Waals surface area contributed by atoms with Gasteiger partial charge in [-0.15, -0.1) is 12.4 Å². The summed E-state index contributed by atoms with van der Waals surface area (Å²) in [5.74, 6) is -0.358. The third-order valence-corrected chi connectivity index (χ3v) is 2.27. The van der Waals surface area contributed by atoms with E-state index in [4.69, 9.17) is 15.2 Å². The molecule has 0 aliphatic carbocycles. The van der Waals surface area contributed by atoms with Gasteiger partial charge in [0.25, 0.3) is 0 Å². The van der Waals surface area contributed by atoms with Crippen molar-refractivity contribution in [3.63, 3.8) is 0 Å². The molecule has 0 spiro atoms. The number of hydrogen-bond donors (Lipinski definition) is 1. The lowest BCUT2D eigenvalue weighted by Gasteiger charge is -2.18. The maximum absolute atomic E-state index is 11.4. The highest BCUT2D eigenvalue weighted by molar-refractivity contribution is 5.85. The Morgan fingerprint density at radius 3 is 2.79 bits per heavy atom. The number of nitrogens with two attached hydrogens (primary N) is 1. The quantitative estimate of drug-likeness (QED) is 0.701. The first-order valence-corrected chi connectivity index (χ1v) is 4.75. The van der Waals surface area contributed by atoms with Gasteiger partial charge in [-0.25, -0.2) is 0 Å². The van der Waals surface area contributed by atoms with E-state index in [1.807, 2.05) is 0 Å². The smallest absolute Gasteiger partial charge is 0.310 e. The highest BCUT2D eigenvalue weighted by atomic mass is 35.5. The van der Waals surface area contributed by atoms with E-state index in [0.717, 1.165) is 6.42 Å². The number of rotatable bonds is 2. The molecule has 1 rings (SSSR count). The molecule has 2 atom stereocenters. The molecule has 1 heterocycles. The van der Waals surface area contributed by atoms with Crippen molar-refractivity contribution in [2.75, 3.05) is 19.8 Å². The molecule has 1 fully saturated rings. The first kappa shape index (κ1) is 13.7. The molecule has 14 heavy (non-hydrogen) atoms. The van der Waals surface area contributed by atoms with E-state index >= 15 is 0 Å². The maximum Gasteiger partial charge on any atom is 0.310 e. The fourth-order valence-electron chi connectivity index (χ4n) is 1.49. The summed E-state index contributed by atoms with van der Waals surface area (Å²) in [4.78, 5) is 11.4. The predicted octanol–water partition coefficient (Wildman–Crippen LogP) is 0.725. The number of carbonyl (C=O) groups excluding carboxylic acids is 1. The van der Waals surface area contributed by atoms with E-state index in [1.165, 1.54) is 0 Å². The lowest BCUT2D eigenvalue weighted by Crippen LogP contribution is -2.36. The molecular weight excluding hydrogens is 206 g/mol. The zero-order valence-corrected chi connectivity index (χ0v) is 9.22. The van der Waals surface area contributed by atoms with Gasteiger partial charge in [0.2, 0.25) is 0 Å².